The second kappa shape index (κ2) is 8.07. The van der Waals surface area contributed by atoms with E-state index in [2.05, 4.69) is 10.3 Å². The summed E-state index contributed by atoms with van der Waals surface area (Å²) >= 11 is 0. The normalized spacial score (nSPS) is 25.5. The van der Waals surface area contributed by atoms with Crippen molar-refractivity contribution in [2.75, 3.05) is 13.2 Å². The number of pyridine rings is 1. The van der Waals surface area contributed by atoms with E-state index in [-0.39, 0.29) is 30.8 Å². The van der Waals surface area contributed by atoms with Gasteiger partial charge in [0.25, 0.3) is 0 Å². The lowest BCUT2D eigenvalue weighted by Gasteiger charge is -2.36. The SMILES string of the molecule is NCC[C@H]1CC[C@H](NC(=O)Cc2ccncc2)[C@H](CO)O1. The molecule has 1 saturated heterocycles. The van der Waals surface area contributed by atoms with Gasteiger partial charge < -0.3 is 20.9 Å². The first-order valence-corrected chi connectivity index (χ1v) is 7.37. The van der Waals surface area contributed by atoms with Crippen molar-refractivity contribution >= 4 is 5.91 Å². The minimum Gasteiger partial charge on any atom is -0.394 e. The number of nitrogens with one attached hydrogen (secondary N) is 1. The first-order valence-electron chi connectivity index (χ1n) is 7.37. The second-order valence-electron chi connectivity index (χ2n) is 5.34. The van der Waals surface area contributed by atoms with Gasteiger partial charge in [-0.2, -0.15) is 0 Å². The molecule has 0 bridgehead atoms. The number of nitrogens with two attached hydrogens (primary N) is 1. The minimum atomic E-state index is -0.350. The molecule has 0 saturated carbocycles. The number of hydrogen-bond acceptors (Lipinski definition) is 5. The molecule has 1 fully saturated rings. The molecule has 0 radical (unpaired) electrons. The summed E-state index contributed by atoms with van der Waals surface area (Å²) in [4.78, 5) is 16.0. The number of aliphatic hydroxyl groups excluding tert-OH is 1. The van der Waals surface area contributed by atoms with Gasteiger partial charge in [-0.15, -0.1) is 0 Å². The van der Waals surface area contributed by atoms with Gasteiger partial charge in [0.15, 0.2) is 0 Å². The summed E-state index contributed by atoms with van der Waals surface area (Å²) in [6.45, 7) is 0.475. The van der Waals surface area contributed by atoms with Gasteiger partial charge in [-0.05, 0) is 43.5 Å². The molecule has 1 amide bonds. The van der Waals surface area contributed by atoms with E-state index in [4.69, 9.17) is 10.5 Å². The summed E-state index contributed by atoms with van der Waals surface area (Å²) in [7, 11) is 0. The second-order valence-corrected chi connectivity index (χ2v) is 5.34. The van der Waals surface area contributed by atoms with Crippen LogP contribution < -0.4 is 11.1 Å². The molecular weight excluding hydrogens is 270 g/mol. The third-order valence-electron chi connectivity index (χ3n) is 3.74. The maximum absolute atomic E-state index is 12.1. The van der Waals surface area contributed by atoms with Crippen molar-refractivity contribution in [3.05, 3.63) is 30.1 Å². The van der Waals surface area contributed by atoms with Crippen LogP contribution in [0.5, 0.6) is 0 Å². The van der Waals surface area contributed by atoms with Gasteiger partial charge >= 0.3 is 0 Å². The molecule has 2 rings (SSSR count). The Morgan fingerprint density at radius 1 is 1.43 bits per heavy atom. The quantitative estimate of drug-likeness (QED) is 0.686. The van der Waals surface area contributed by atoms with E-state index < -0.39 is 0 Å². The molecule has 21 heavy (non-hydrogen) atoms. The monoisotopic (exact) mass is 293 g/mol. The Morgan fingerprint density at radius 3 is 2.86 bits per heavy atom. The Labute approximate surface area is 124 Å². The van der Waals surface area contributed by atoms with Crippen LogP contribution in [0.2, 0.25) is 0 Å². The number of carbonyl (C=O) groups excluding carboxylic acids is 1. The highest BCUT2D eigenvalue weighted by Gasteiger charge is 2.31. The zero-order valence-corrected chi connectivity index (χ0v) is 12.1. The Bertz CT molecular complexity index is 441. The maximum Gasteiger partial charge on any atom is 0.224 e. The Morgan fingerprint density at radius 2 is 2.19 bits per heavy atom. The van der Waals surface area contributed by atoms with Crippen molar-refractivity contribution in [1.82, 2.24) is 10.3 Å². The van der Waals surface area contributed by atoms with Crippen molar-refractivity contribution in [1.29, 1.82) is 0 Å². The van der Waals surface area contributed by atoms with E-state index in [9.17, 15) is 9.90 Å². The average Bonchev–Trinajstić information content (AvgIpc) is 2.50. The molecule has 116 valence electrons. The first kappa shape index (κ1) is 15.9. The number of nitrogens with zero attached hydrogens (tertiary/aromatic N) is 1. The van der Waals surface area contributed by atoms with E-state index in [1.165, 1.54) is 0 Å². The van der Waals surface area contributed by atoms with Crippen LogP contribution in [0.25, 0.3) is 0 Å². The molecule has 4 N–H and O–H groups in total. The van der Waals surface area contributed by atoms with E-state index in [0.29, 0.717) is 13.0 Å². The highest BCUT2D eigenvalue weighted by atomic mass is 16.5. The summed E-state index contributed by atoms with van der Waals surface area (Å²) in [6, 6.07) is 3.49. The molecule has 1 aromatic rings. The number of ether oxygens (including phenoxy) is 1. The topological polar surface area (TPSA) is 97.5 Å². The highest BCUT2D eigenvalue weighted by molar-refractivity contribution is 5.78. The van der Waals surface area contributed by atoms with Crippen LogP contribution in [-0.2, 0) is 16.0 Å². The molecule has 0 unspecified atom stereocenters. The molecule has 2 heterocycles. The minimum absolute atomic E-state index is 0.0643. The standard InChI is InChI=1S/C15H23N3O3/c16-6-3-12-1-2-13(14(10-19)21-12)18-15(20)9-11-4-7-17-8-5-11/h4-5,7-8,12-14,19H,1-3,6,9-10,16H2,(H,18,20)/t12-,13+,14+/m1/s1. The molecule has 1 aliphatic rings. The van der Waals surface area contributed by atoms with Crippen LogP contribution in [0.4, 0.5) is 0 Å². The van der Waals surface area contributed by atoms with E-state index in [1.54, 1.807) is 12.4 Å². The van der Waals surface area contributed by atoms with Crippen molar-refractivity contribution < 1.29 is 14.6 Å². The number of aromatic nitrogens is 1. The van der Waals surface area contributed by atoms with Gasteiger partial charge in [0.05, 0.1) is 25.2 Å². The van der Waals surface area contributed by atoms with Crippen molar-refractivity contribution in [2.24, 2.45) is 5.73 Å². The molecule has 1 aromatic heterocycles. The molecule has 1 aliphatic heterocycles. The molecule has 0 aromatic carbocycles. The Kier molecular flexibility index (Phi) is 6.10. The molecule has 6 heteroatoms. The maximum atomic E-state index is 12.1. The molecule has 6 nitrogen and oxygen atoms in total. The fourth-order valence-corrected chi connectivity index (χ4v) is 2.64. The lowest BCUT2D eigenvalue weighted by molar-refractivity contribution is -0.127. The molecule has 0 aliphatic carbocycles. The highest BCUT2D eigenvalue weighted by Crippen LogP contribution is 2.21. The summed E-state index contributed by atoms with van der Waals surface area (Å²) in [6.07, 6.45) is 5.82. The average molecular weight is 293 g/mol. The van der Waals surface area contributed by atoms with E-state index >= 15 is 0 Å². The van der Waals surface area contributed by atoms with Crippen LogP contribution in [0.15, 0.2) is 24.5 Å². The van der Waals surface area contributed by atoms with Gasteiger partial charge in [0, 0.05) is 12.4 Å². The van der Waals surface area contributed by atoms with Crippen molar-refractivity contribution in [2.45, 2.75) is 43.9 Å². The molecule has 0 spiro atoms. The lowest BCUT2D eigenvalue weighted by Crippen LogP contribution is -2.51. The summed E-state index contributed by atoms with van der Waals surface area (Å²) < 4.78 is 5.78. The van der Waals surface area contributed by atoms with Gasteiger partial charge in [-0.25, -0.2) is 0 Å². The molecule has 3 atom stereocenters. The lowest BCUT2D eigenvalue weighted by atomic mass is 9.97. The van der Waals surface area contributed by atoms with Crippen LogP contribution in [-0.4, -0.2) is 47.4 Å². The number of carbonyl (C=O) groups is 1. The van der Waals surface area contributed by atoms with Gasteiger partial charge in [-0.1, -0.05) is 0 Å². The summed E-state index contributed by atoms with van der Waals surface area (Å²) in [5, 5.41) is 12.4. The fraction of sp³-hybridized carbons (Fsp3) is 0.600. The molecular formula is C15H23N3O3. The third-order valence-corrected chi connectivity index (χ3v) is 3.74. The zero-order chi connectivity index (χ0) is 15.1. The van der Waals surface area contributed by atoms with Crippen LogP contribution in [0, 0.1) is 0 Å². The number of rotatable bonds is 6. The van der Waals surface area contributed by atoms with Crippen molar-refractivity contribution in [3.8, 4) is 0 Å². The van der Waals surface area contributed by atoms with Gasteiger partial charge in [0.1, 0.15) is 6.10 Å². The number of amides is 1. The third kappa shape index (κ3) is 4.77. The van der Waals surface area contributed by atoms with E-state index in [0.717, 1.165) is 24.8 Å². The number of aliphatic hydroxyl groups is 1. The van der Waals surface area contributed by atoms with Gasteiger partial charge in [-0.3, -0.25) is 9.78 Å². The predicted molar refractivity (Wildman–Crippen MR) is 78.5 cm³/mol. The Hall–Kier alpha value is -1.50. The van der Waals surface area contributed by atoms with Gasteiger partial charge in [0.2, 0.25) is 5.91 Å². The largest absolute Gasteiger partial charge is 0.394 e. The van der Waals surface area contributed by atoms with E-state index in [1.807, 2.05) is 12.1 Å². The first-order chi connectivity index (χ1) is 10.2. The summed E-state index contributed by atoms with van der Waals surface area (Å²) in [5.41, 5.74) is 6.45. The van der Waals surface area contributed by atoms with Crippen LogP contribution in [0.1, 0.15) is 24.8 Å². The predicted octanol–water partition coefficient (Wildman–Crippen LogP) is -0.00240. The number of hydrogen-bond donors (Lipinski definition) is 3. The van der Waals surface area contributed by atoms with Crippen molar-refractivity contribution in [3.63, 3.8) is 0 Å². The smallest absolute Gasteiger partial charge is 0.224 e. The Balaban J connectivity index is 1.85. The van der Waals surface area contributed by atoms with Crippen LogP contribution >= 0.6 is 0 Å². The zero-order valence-electron chi connectivity index (χ0n) is 12.1. The fourth-order valence-electron chi connectivity index (χ4n) is 2.64. The van der Waals surface area contributed by atoms with Crippen LogP contribution in [0.3, 0.4) is 0 Å². The summed E-state index contributed by atoms with van der Waals surface area (Å²) in [5.74, 6) is -0.0643.